The van der Waals surface area contributed by atoms with Crippen molar-refractivity contribution in [1.29, 1.82) is 0 Å². The van der Waals surface area contributed by atoms with Crippen LogP contribution in [0.2, 0.25) is 0 Å². The highest BCUT2D eigenvalue weighted by molar-refractivity contribution is 7.09. The van der Waals surface area contributed by atoms with Crippen LogP contribution in [-0.4, -0.2) is 59.2 Å². The van der Waals surface area contributed by atoms with E-state index < -0.39 is 17.7 Å². The summed E-state index contributed by atoms with van der Waals surface area (Å²) < 4.78 is 38.8. The van der Waals surface area contributed by atoms with Crippen LogP contribution in [-0.2, 0) is 28.9 Å². The molecular weight excluding hydrogens is 427 g/mol. The Balaban J connectivity index is 1.30. The highest BCUT2D eigenvalue weighted by Gasteiger charge is 2.37. The summed E-state index contributed by atoms with van der Waals surface area (Å²) in [5.74, 6) is -0.648. The minimum atomic E-state index is -4.42. The first-order valence-electron chi connectivity index (χ1n) is 10.3. The molecule has 2 aromatic rings. The lowest BCUT2D eigenvalue weighted by Crippen LogP contribution is -2.50. The minimum Gasteiger partial charge on any atom is -0.340 e. The van der Waals surface area contributed by atoms with Crippen LogP contribution < -0.4 is 0 Å². The Morgan fingerprint density at radius 1 is 1.06 bits per heavy atom. The topological polar surface area (TPSA) is 43.9 Å². The lowest BCUT2D eigenvalue weighted by molar-refractivity contribution is -0.138. The monoisotopic (exact) mass is 451 g/mol. The SMILES string of the molecule is O=C1CC(C(=O)N2CCN(Cc3cccs3)CC2)CN1Cc1cccc(C(F)(F)F)c1. The normalized spacial score (nSPS) is 20.5. The number of thiophene rings is 1. The van der Waals surface area contributed by atoms with E-state index in [4.69, 9.17) is 0 Å². The molecule has 0 aliphatic carbocycles. The molecule has 1 unspecified atom stereocenters. The smallest absolute Gasteiger partial charge is 0.340 e. The molecule has 166 valence electrons. The van der Waals surface area contributed by atoms with Gasteiger partial charge >= 0.3 is 6.18 Å². The summed E-state index contributed by atoms with van der Waals surface area (Å²) in [6.07, 6.45) is -4.30. The van der Waals surface area contributed by atoms with E-state index in [0.29, 0.717) is 18.7 Å². The summed E-state index contributed by atoms with van der Waals surface area (Å²) >= 11 is 1.72. The maximum atomic E-state index is 12.9. The lowest BCUT2D eigenvalue weighted by Gasteiger charge is -2.35. The van der Waals surface area contributed by atoms with Crippen molar-refractivity contribution < 1.29 is 22.8 Å². The first-order chi connectivity index (χ1) is 14.8. The third-order valence-electron chi connectivity index (χ3n) is 5.83. The second kappa shape index (κ2) is 9.00. The number of piperazine rings is 1. The first kappa shape index (κ1) is 21.8. The maximum Gasteiger partial charge on any atom is 0.416 e. The van der Waals surface area contributed by atoms with Crippen molar-refractivity contribution >= 4 is 23.2 Å². The zero-order valence-corrected chi connectivity index (χ0v) is 17.8. The highest BCUT2D eigenvalue weighted by Crippen LogP contribution is 2.30. The largest absolute Gasteiger partial charge is 0.416 e. The van der Waals surface area contributed by atoms with E-state index in [0.717, 1.165) is 31.8 Å². The molecule has 9 heteroatoms. The van der Waals surface area contributed by atoms with Gasteiger partial charge in [0.1, 0.15) is 0 Å². The van der Waals surface area contributed by atoms with Crippen LogP contribution in [0.15, 0.2) is 41.8 Å². The summed E-state index contributed by atoms with van der Waals surface area (Å²) in [6.45, 7) is 4.05. The van der Waals surface area contributed by atoms with Crippen LogP contribution in [0, 0.1) is 5.92 Å². The van der Waals surface area contributed by atoms with Gasteiger partial charge in [0.05, 0.1) is 11.5 Å². The van der Waals surface area contributed by atoms with E-state index in [1.165, 1.54) is 15.8 Å². The number of nitrogens with zero attached hydrogens (tertiary/aromatic N) is 3. The van der Waals surface area contributed by atoms with Gasteiger partial charge in [-0.25, -0.2) is 0 Å². The Bertz CT molecular complexity index is 924. The second-order valence-corrected chi connectivity index (χ2v) is 9.09. The van der Waals surface area contributed by atoms with E-state index in [9.17, 15) is 22.8 Å². The zero-order valence-electron chi connectivity index (χ0n) is 17.0. The summed E-state index contributed by atoms with van der Waals surface area (Å²) in [7, 11) is 0. The molecule has 5 nitrogen and oxygen atoms in total. The fraction of sp³-hybridized carbons (Fsp3) is 0.455. The van der Waals surface area contributed by atoms with E-state index in [1.807, 2.05) is 11.0 Å². The van der Waals surface area contributed by atoms with Gasteiger partial charge in [0.15, 0.2) is 0 Å². The van der Waals surface area contributed by atoms with E-state index in [-0.39, 0.29) is 31.3 Å². The molecule has 0 spiro atoms. The predicted molar refractivity (Wildman–Crippen MR) is 111 cm³/mol. The summed E-state index contributed by atoms with van der Waals surface area (Å²) in [4.78, 5) is 32.3. The Morgan fingerprint density at radius 2 is 1.84 bits per heavy atom. The van der Waals surface area contributed by atoms with Crippen molar-refractivity contribution in [2.75, 3.05) is 32.7 Å². The number of hydrogen-bond donors (Lipinski definition) is 0. The van der Waals surface area contributed by atoms with E-state index in [2.05, 4.69) is 16.3 Å². The maximum absolute atomic E-state index is 12.9. The van der Waals surface area contributed by atoms with Gasteiger partial charge in [-0.2, -0.15) is 13.2 Å². The molecule has 1 atom stereocenters. The Kier molecular flexibility index (Phi) is 6.34. The average molecular weight is 452 g/mol. The number of hydrogen-bond acceptors (Lipinski definition) is 4. The van der Waals surface area contributed by atoms with Crippen molar-refractivity contribution in [2.24, 2.45) is 5.92 Å². The van der Waals surface area contributed by atoms with Crippen molar-refractivity contribution in [3.8, 4) is 0 Å². The van der Waals surface area contributed by atoms with Crippen molar-refractivity contribution in [3.63, 3.8) is 0 Å². The van der Waals surface area contributed by atoms with Gasteiger partial charge in [-0.05, 0) is 29.1 Å². The van der Waals surface area contributed by atoms with Gasteiger partial charge in [0.25, 0.3) is 0 Å². The number of amides is 2. The van der Waals surface area contributed by atoms with Crippen LogP contribution in [0.4, 0.5) is 13.2 Å². The molecule has 4 rings (SSSR count). The standard InChI is InChI=1S/C22H24F3N3O2S/c23-22(24,25)18-4-1-3-16(11-18)13-28-14-17(12-20(28)29)21(30)27-8-6-26(7-9-27)15-19-5-2-10-31-19/h1-5,10-11,17H,6-9,12-15H2. The van der Waals surface area contributed by atoms with Gasteiger partial charge < -0.3 is 9.80 Å². The number of carbonyl (C=O) groups excluding carboxylic acids is 2. The second-order valence-electron chi connectivity index (χ2n) is 8.05. The van der Waals surface area contributed by atoms with Crippen molar-refractivity contribution in [2.45, 2.75) is 25.7 Å². The number of benzene rings is 1. The molecular formula is C22H24F3N3O2S. The summed E-state index contributed by atoms with van der Waals surface area (Å²) in [6, 6.07) is 9.13. The Labute approximate surface area is 183 Å². The fourth-order valence-corrected chi connectivity index (χ4v) is 4.91. The van der Waals surface area contributed by atoms with Gasteiger partial charge in [-0.3, -0.25) is 14.5 Å². The van der Waals surface area contributed by atoms with Gasteiger partial charge in [-0.15, -0.1) is 11.3 Å². The molecule has 2 aliphatic rings. The van der Waals surface area contributed by atoms with Crippen molar-refractivity contribution in [3.05, 3.63) is 57.8 Å². The quantitative estimate of drug-likeness (QED) is 0.700. The van der Waals surface area contributed by atoms with E-state index in [1.54, 1.807) is 17.4 Å². The van der Waals surface area contributed by atoms with E-state index >= 15 is 0 Å². The Morgan fingerprint density at radius 3 is 2.52 bits per heavy atom. The number of rotatable bonds is 5. The molecule has 1 aromatic carbocycles. The highest BCUT2D eigenvalue weighted by atomic mass is 32.1. The molecule has 2 aliphatic heterocycles. The molecule has 2 saturated heterocycles. The van der Waals surface area contributed by atoms with Crippen LogP contribution in [0.5, 0.6) is 0 Å². The Hall–Kier alpha value is -2.39. The third kappa shape index (κ3) is 5.27. The third-order valence-corrected chi connectivity index (χ3v) is 6.70. The van der Waals surface area contributed by atoms with Crippen LogP contribution >= 0.6 is 11.3 Å². The predicted octanol–water partition coefficient (Wildman–Crippen LogP) is 3.46. The van der Waals surface area contributed by atoms with Crippen LogP contribution in [0.1, 0.15) is 22.4 Å². The molecule has 0 N–H and O–H groups in total. The molecule has 31 heavy (non-hydrogen) atoms. The molecule has 0 saturated carbocycles. The molecule has 2 amide bonds. The average Bonchev–Trinajstić information content (AvgIpc) is 3.38. The minimum absolute atomic E-state index is 0.0318. The van der Waals surface area contributed by atoms with Gasteiger partial charge in [0, 0.05) is 57.1 Å². The van der Waals surface area contributed by atoms with Crippen LogP contribution in [0.3, 0.4) is 0 Å². The van der Waals surface area contributed by atoms with Gasteiger partial charge in [-0.1, -0.05) is 18.2 Å². The molecule has 0 radical (unpaired) electrons. The molecule has 0 bridgehead atoms. The number of carbonyl (C=O) groups is 2. The lowest BCUT2D eigenvalue weighted by atomic mass is 10.1. The first-order valence-corrected chi connectivity index (χ1v) is 11.1. The molecule has 2 fully saturated rings. The number of alkyl halides is 3. The number of halogens is 3. The van der Waals surface area contributed by atoms with Gasteiger partial charge in [0.2, 0.25) is 11.8 Å². The summed E-state index contributed by atoms with van der Waals surface area (Å²) in [5.41, 5.74) is -0.317. The molecule has 3 heterocycles. The fourth-order valence-electron chi connectivity index (χ4n) is 4.16. The van der Waals surface area contributed by atoms with Crippen molar-refractivity contribution in [1.82, 2.24) is 14.7 Å². The van der Waals surface area contributed by atoms with Crippen LogP contribution in [0.25, 0.3) is 0 Å². The number of likely N-dealkylation sites (tertiary alicyclic amines) is 1. The zero-order chi connectivity index (χ0) is 22.0. The summed E-state index contributed by atoms with van der Waals surface area (Å²) in [5, 5.41) is 2.05. The molecule has 1 aromatic heterocycles.